The van der Waals surface area contributed by atoms with E-state index in [4.69, 9.17) is 21.1 Å². The molecule has 3 rings (SSSR count). The first kappa shape index (κ1) is 20.5. The molecular weight excluding hydrogens is 376 g/mol. The quantitative estimate of drug-likeness (QED) is 0.756. The zero-order valence-electron chi connectivity index (χ0n) is 16.4. The van der Waals surface area contributed by atoms with Crippen molar-refractivity contribution in [3.63, 3.8) is 0 Å². The van der Waals surface area contributed by atoms with Crippen LogP contribution in [0.2, 0.25) is 5.02 Å². The molecule has 0 atom stereocenters. The zero-order chi connectivity index (χ0) is 19.9. The van der Waals surface area contributed by atoms with E-state index in [-0.39, 0.29) is 11.9 Å². The Hall–Kier alpha value is -2.24. The second-order valence-electron chi connectivity index (χ2n) is 6.95. The summed E-state index contributed by atoms with van der Waals surface area (Å²) in [5.74, 6) is 1.16. The first-order valence-corrected chi connectivity index (χ1v) is 10.1. The number of nitrogens with one attached hydrogen (secondary N) is 1. The van der Waals surface area contributed by atoms with E-state index in [9.17, 15) is 4.79 Å². The van der Waals surface area contributed by atoms with E-state index in [0.717, 1.165) is 37.5 Å². The number of nitrogens with zero attached hydrogens (tertiary/aromatic N) is 1. The molecule has 1 aliphatic rings. The summed E-state index contributed by atoms with van der Waals surface area (Å²) in [5.41, 5.74) is 1.85. The van der Waals surface area contributed by atoms with E-state index in [1.165, 1.54) is 5.56 Å². The fourth-order valence-electron chi connectivity index (χ4n) is 3.44. The highest BCUT2D eigenvalue weighted by Gasteiger charge is 2.22. The summed E-state index contributed by atoms with van der Waals surface area (Å²) in [6.07, 6.45) is 1.88. The molecule has 0 radical (unpaired) electrons. The first-order valence-electron chi connectivity index (χ1n) is 9.67. The van der Waals surface area contributed by atoms with Crippen LogP contribution in [-0.2, 0) is 6.54 Å². The molecule has 1 amide bonds. The molecule has 6 heteroatoms. The van der Waals surface area contributed by atoms with E-state index in [2.05, 4.69) is 22.3 Å². The van der Waals surface area contributed by atoms with Gasteiger partial charge in [-0.15, -0.1) is 0 Å². The van der Waals surface area contributed by atoms with Crippen LogP contribution in [0.4, 0.5) is 0 Å². The Morgan fingerprint density at radius 1 is 1.14 bits per heavy atom. The van der Waals surface area contributed by atoms with Gasteiger partial charge in [0.25, 0.3) is 5.91 Å². The molecule has 1 saturated heterocycles. The predicted octanol–water partition coefficient (Wildman–Crippen LogP) is 4.14. The lowest BCUT2D eigenvalue weighted by Gasteiger charge is -2.32. The molecule has 28 heavy (non-hydrogen) atoms. The number of halogens is 1. The van der Waals surface area contributed by atoms with Gasteiger partial charge in [-0.2, -0.15) is 0 Å². The highest BCUT2D eigenvalue weighted by molar-refractivity contribution is 6.30. The van der Waals surface area contributed by atoms with Crippen molar-refractivity contribution in [3.05, 3.63) is 58.6 Å². The summed E-state index contributed by atoms with van der Waals surface area (Å²) in [6.45, 7) is 5.26. The molecule has 150 valence electrons. The summed E-state index contributed by atoms with van der Waals surface area (Å²) in [6, 6.07) is 13.5. The molecule has 1 aliphatic heterocycles. The summed E-state index contributed by atoms with van der Waals surface area (Å²) in [4.78, 5) is 15.0. The summed E-state index contributed by atoms with van der Waals surface area (Å²) in [7, 11) is 1.59. The molecule has 0 aliphatic carbocycles. The Bertz CT molecular complexity index is 787. The number of rotatable bonds is 7. The molecule has 2 aromatic carbocycles. The Balaban J connectivity index is 1.52. The molecule has 0 bridgehead atoms. The van der Waals surface area contributed by atoms with E-state index >= 15 is 0 Å². The molecule has 1 fully saturated rings. The molecular formula is C22H27ClN2O3. The number of methoxy groups -OCH3 is 1. The maximum Gasteiger partial charge on any atom is 0.251 e. The largest absolute Gasteiger partial charge is 0.493 e. The van der Waals surface area contributed by atoms with Crippen LogP contribution in [0.3, 0.4) is 0 Å². The van der Waals surface area contributed by atoms with Crippen molar-refractivity contribution in [3.8, 4) is 11.5 Å². The van der Waals surface area contributed by atoms with Gasteiger partial charge < -0.3 is 14.8 Å². The smallest absolute Gasteiger partial charge is 0.251 e. The lowest BCUT2D eigenvalue weighted by molar-refractivity contribution is 0.0908. The highest BCUT2D eigenvalue weighted by Crippen LogP contribution is 2.28. The zero-order valence-corrected chi connectivity index (χ0v) is 17.2. The van der Waals surface area contributed by atoms with Gasteiger partial charge >= 0.3 is 0 Å². The second-order valence-corrected chi connectivity index (χ2v) is 7.39. The lowest BCUT2D eigenvalue weighted by atomic mass is 10.0. The Labute approximate surface area is 171 Å². The molecule has 2 aromatic rings. The van der Waals surface area contributed by atoms with Crippen molar-refractivity contribution in [2.45, 2.75) is 32.4 Å². The molecule has 0 spiro atoms. The minimum atomic E-state index is -0.0697. The predicted molar refractivity (Wildman–Crippen MR) is 111 cm³/mol. The maximum absolute atomic E-state index is 12.6. The van der Waals surface area contributed by atoms with Gasteiger partial charge in [0.2, 0.25) is 0 Å². The van der Waals surface area contributed by atoms with Gasteiger partial charge in [0.05, 0.1) is 13.7 Å². The van der Waals surface area contributed by atoms with Crippen LogP contribution >= 0.6 is 11.6 Å². The molecule has 0 aromatic heterocycles. The highest BCUT2D eigenvalue weighted by atomic mass is 35.5. The van der Waals surface area contributed by atoms with Gasteiger partial charge in [0.1, 0.15) is 0 Å². The Morgan fingerprint density at radius 2 is 1.86 bits per heavy atom. The van der Waals surface area contributed by atoms with Crippen LogP contribution in [-0.4, -0.2) is 43.7 Å². The number of carbonyl (C=O) groups excluding carboxylic acids is 1. The third-order valence-corrected chi connectivity index (χ3v) is 5.22. The van der Waals surface area contributed by atoms with Crippen LogP contribution in [0.5, 0.6) is 11.5 Å². The van der Waals surface area contributed by atoms with Gasteiger partial charge in [-0.1, -0.05) is 23.7 Å². The lowest BCUT2D eigenvalue weighted by Crippen LogP contribution is -2.44. The number of carbonyl (C=O) groups is 1. The SMILES string of the molecule is CCOc1cc(C(=O)NC2CCN(Cc3ccc(Cl)cc3)CC2)ccc1OC. The normalized spacial score (nSPS) is 15.2. The number of hydrogen-bond acceptors (Lipinski definition) is 4. The number of benzene rings is 2. The average molecular weight is 403 g/mol. The third kappa shape index (κ3) is 5.40. The standard InChI is InChI=1S/C22H27ClN2O3/c1-3-28-21-14-17(6-9-20(21)27-2)22(26)24-19-10-12-25(13-11-19)15-16-4-7-18(23)8-5-16/h4-9,14,19H,3,10-13,15H2,1-2H3,(H,24,26). The number of piperidine rings is 1. The number of hydrogen-bond donors (Lipinski definition) is 1. The minimum absolute atomic E-state index is 0.0697. The van der Waals surface area contributed by atoms with E-state index in [0.29, 0.717) is 23.7 Å². The number of amides is 1. The van der Waals surface area contributed by atoms with Crippen molar-refractivity contribution in [1.29, 1.82) is 0 Å². The fourth-order valence-corrected chi connectivity index (χ4v) is 3.56. The van der Waals surface area contributed by atoms with Crippen molar-refractivity contribution in [2.75, 3.05) is 26.8 Å². The maximum atomic E-state index is 12.6. The van der Waals surface area contributed by atoms with Crippen LogP contribution in [0, 0.1) is 0 Å². The van der Waals surface area contributed by atoms with E-state index < -0.39 is 0 Å². The van der Waals surface area contributed by atoms with Crippen LogP contribution in [0.15, 0.2) is 42.5 Å². The van der Waals surface area contributed by atoms with Gasteiger partial charge in [-0.05, 0) is 55.7 Å². The van der Waals surface area contributed by atoms with Crippen LogP contribution in [0.1, 0.15) is 35.7 Å². The second kappa shape index (κ2) is 9.80. The van der Waals surface area contributed by atoms with Crippen LogP contribution < -0.4 is 14.8 Å². The molecule has 0 saturated carbocycles. The summed E-state index contributed by atoms with van der Waals surface area (Å²) < 4.78 is 10.8. The summed E-state index contributed by atoms with van der Waals surface area (Å²) >= 11 is 5.95. The van der Waals surface area contributed by atoms with Gasteiger partial charge in [-0.25, -0.2) is 0 Å². The van der Waals surface area contributed by atoms with Gasteiger partial charge in [0.15, 0.2) is 11.5 Å². The number of ether oxygens (including phenoxy) is 2. The monoisotopic (exact) mass is 402 g/mol. The molecule has 5 nitrogen and oxygen atoms in total. The van der Waals surface area contributed by atoms with Crippen molar-refractivity contribution < 1.29 is 14.3 Å². The number of likely N-dealkylation sites (tertiary alicyclic amines) is 1. The van der Waals surface area contributed by atoms with E-state index in [1.54, 1.807) is 25.3 Å². The minimum Gasteiger partial charge on any atom is -0.493 e. The summed E-state index contributed by atoms with van der Waals surface area (Å²) in [5, 5.41) is 3.91. The van der Waals surface area contributed by atoms with Crippen molar-refractivity contribution >= 4 is 17.5 Å². The fraction of sp³-hybridized carbons (Fsp3) is 0.409. The van der Waals surface area contributed by atoms with Gasteiger partial charge in [-0.3, -0.25) is 9.69 Å². The van der Waals surface area contributed by atoms with E-state index in [1.807, 2.05) is 19.1 Å². The van der Waals surface area contributed by atoms with Gasteiger partial charge in [0, 0.05) is 36.3 Å². The van der Waals surface area contributed by atoms with Crippen molar-refractivity contribution in [1.82, 2.24) is 10.2 Å². The Kier molecular flexibility index (Phi) is 7.18. The molecule has 1 N–H and O–H groups in total. The van der Waals surface area contributed by atoms with Crippen molar-refractivity contribution in [2.24, 2.45) is 0 Å². The first-order chi connectivity index (χ1) is 13.6. The molecule has 0 unspecified atom stereocenters. The van der Waals surface area contributed by atoms with Crippen LogP contribution in [0.25, 0.3) is 0 Å². The average Bonchev–Trinajstić information content (AvgIpc) is 2.71. The Morgan fingerprint density at radius 3 is 2.50 bits per heavy atom. The molecule has 1 heterocycles. The topological polar surface area (TPSA) is 50.8 Å². The third-order valence-electron chi connectivity index (χ3n) is 4.97.